The van der Waals surface area contributed by atoms with Crippen LogP contribution >= 0.6 is 0 Å². The molecule has 1 saturated carbocycles. The predicted octanol–water partition coefficient (Wildman–Crippen LogP) is 8.16. The number of aryl methyl sites for hydroxylation is 1. The zero-order valence-electron chi connectivity index (χ0n) is 19.0. The number of ether oxygens (including phenoxy) is 1. The predicted molar refractivity (Wildman–Crippen MR) is 119 cm³/mol. The maximum absolute atomic E-state index is 14.4. The fourth-order valence-corrected chi connectivity index (χ4v) is 4.50. The van der Waals surface area contributed by atoms with Gasteiger partial charge < -0.3 is 4.74 Å². The first-order valence-electron chi connectivity index (χ1n) is 12.2. The second kappa shape index (κ2) is 13.8. The quantitative estimate of drug-likeness (QED) is 0.182. The van der Waals surface area contributed by atoms with Gasteiger partial charge in [-0.15, -0.1) is 0 Å². The zero-order valence-corrected chi connectivity index (χ0v) is 19.0. The highest BCUT2D eigenvalue weighted by molar-refractivity contribution is 5.75. The van der Waals surface area contributed by atoms with Gasteiger partial charge in [0.15, 0.2) is 11.6 Å². The summed E-state index contributed by atoms with van der Waals surface area (Å²) in [4.78, 5) is 12.5. The number of carbonyl (C=O) groups excluding carboxylic acids is 1. The monoisotopic (exact) mass is 422 g/mol. The van der Waals surface area contributed by atoms with E-state index in [0.717, 1.165) is 44.9 Å². The molecule has 1 fully saturated rings. The van der Waals surface area contributed by atoms with Gasteiger partial charge in [-0.3, -0.25) is 4.79 Å². The van der Waals surface area contributed by atoms with Gasteiger partial charge >= 0.3 is 5.97 Å². The molecule has 1 aromatic rings. The molecule has 0 aliphatic heterocycles. The van der Waals surface area contributed by atoms with Crippen LogP contribution in [0.5, 0.6) is 5.75 Å². The van der Waals surface area contributed by atoms with E-state index in [4.69, 9.17) is 4.74 Å². The summed E-state index contributed by atoms with van der Waals surface area (Å²) in [6.07, 6.45) is 15.7. The van der Waals surface area contributed by atoms with Gasteiger partial charge in [-0.1, -0.05) is 77.7 Å². The standard InChI is InChI=1S/C26H40F2O2/c1-3-5-7-8-9-11-13-21-18-19-23(25(28)24(21)27)30-26(29)22-16-14-20(15-17-22)12-10-6-4-2/h18-20,22H,3-17H2,1-2H3. The van der Waals surface area contributed by atoms with Crippen molar-refractivity contribution >= 4 is 5.97 Å². The topological polar surface area (TPSA) is 26.3 Å². The number of unbranched alkanes of at least 4 members (excludes halogenated alkanes) is 7. The van der Waals surface area contributed by atoms with Crippen molar-refractivity contribution in [2.45, 2.75) is 110 Å². The Kier molecular flexibility index (Phi) is 11.4. The van der Waals surface area contributed by atoms with Crippen molar-refractivity contribution in [3.8, 4) is 5.75 Å². The number of rotatable bonds is 13. The summed E-state index contributed by atoms with van der Waals surface area (Å²) in [5, 5.41) is 0. The van der Waals surface area contributed by atoms with E-state index in [-0.39, 0.29) is 11.7 Å². The van der Waals surface area contributed by atoms with Gasteiger partial charge in [0.2, 0.25) is 5.82 Å². The van der Waals surface area contributed by atoms with Crippen LogP contribution in [0.1, 0.15) is 109 Å². The summed E-state index contributed by atoms with van der Waals surface area (Å²) in [6, 6.07) is 2.98. The minimum atomic E-state index is -1.03. The summed E-state index contributed by atoms with van der Waals surface area (Å²) >= 11 is 0. The number of hydrogen-bond donors (Lipinski definition) is 0. The minimum Gasteiger partial charge on any atom is -0.423 e. The van der Waals surface area contributed by atoms with Gasteiger partial charge in [-0.2, -0.15) is 4.39 Å². The molecule has 0 aromatic heterocycles. The van der Waals surface area contributed by atoms with Gasteiger partial charge in [-0.05, 0) is 56.1 Å². The van der Waals surface area contributed by atoms with Gasteiger partial charge in [0, 0.05) is 0 Å². The molecule has 1 aliphatic rings. The molecule has 0 heterocycles. The van der Waals surface area contributed by atoms with E-state index < -0.39 is 17.6 Å². The van der Waals surface area contributed by atoms with Gasteiger partial charge in [0.1, 0.15) is 0 Å². The molecule has 0 amide bonds. The van der Waals surface area contributed by atoms with Crippen molar-refractivity contribution in [3.63, 3.8) is 0 Å². The largest absolute Gasteiger partial charge is 0.423 e. The Labute approximate surface area is 181 Å². The first-order chi connectivity index (χ1) is 14.6. The molecule has 2 nitrogen and oxygen atoms in total. The molecule has 0 spiro atoms. The molecule has 0 radical (unpaired) electrons. The minimum absolute atomic E-state index is 0.197. The van der Waals surface area contributed by atoms with Crippen molar-refractivity contribution < 1.29 is 18.3 Å². The second-order valence-electron chi connectivity index (χ2n) is 9.00. The van der Waals surface area contributed by atoms with Crippen LogP contribution in [0.4, 0.5) is 8.78 Å². The highest BCUT2D eigenvalue weighted by Gasteiger charge is 2.28. The Morgan fingerprint density at radius 3 is 2.20 bits per heavy atom. The van der Waals surface area contributed by atoms with Crippen LogP contribution in [0.15, 0.2) is 12.1 Å². The number of halogens is 2. The zero-order chi connectivity index (χ0) is 21.8. The lowest BCUT2D eigenvalue weighted by atomic mass is 9.80. The van der Waals surface area contributed by atoms with E-state index >= 15 is 0 Å². The Hall–Kier alpha value is -1.45. The summed E-state index contributed by atoms with van der Waals surface area (Å²) in [7, 11) is 0. The maximum Gasteiger partial charge on any atom is 0.314 e. The van der Waals surface area contributed by atoms with Crippen LogP contribution < -0.4 is 4.74 Å². The lowest BCUT2D eigenvalue weighted by Gasteiger charge is -2.27. The fraction of sp³-hybridized carbons (Fsp3) is 0.731. The molecule has 0 atom stereocenters. The highest BCUT2D eigenvalue weighted by Crippen LogP contribution is 2.33. The third-order valence-electron chi connectivity index (χ3n) is 6.53. The molecule has 0 saturated heterocycles. The van der Waals surface area contributed by atoms with E-state index in [2.05, 4.69) is 13.8 Å². The van der Waals surface area contributed by atoms with Crippen molar-refractivity contribution in [2.75, 3.05) is 0 Å². The van der Waals surface area contributed by atoms with Crippen LogP contribution in [0.2, 0.25) is 0 Å². The van der Waals surface area contributed by atoms with Crippen molar-refractivity contribution in [1.29, 1.82) is 0 Å². The summed E-state index contributed by atoms with van der Waals surface area (Å²) in [5.41, 5.74) is 0.371. The Morgan fingerprint density at radius 2 is 1.50 bits per heavy atom. The first-order valence-corrected chi connectivity index (χ1v) is 12.2. The highest BCUT2D eigenvalue weighted by atomic mass is 19.2. The smallest absolute Gasteiger partial charge is 0.314 e. The molecule has 0 N–H and O–H groups in total. The van der Waals surface area contributed by atoms with E-state index in [0.29, 0.717) is 17.9 Å². The van der Waals surface area contributed by atoms with Crippen molar-refractivity contribution in [1.82, 2.24) is 0 Å². The normalized spacial score (nSPS) is 19.1. The van der Waals surface area contributed by atoms with Crippen LogP contribution in [0.3, 0.4) is 0 Å². The van der Waals surface area contributed by atoms with E-state index in [1.54, 1.807) is 6.07 Å². The molecule has 4 heteroatoms. The molecule has 2 rings (SSSR count). The Morgan fingerprint density at radius 1 is 0.867 bits per heavy atom. The van der Waals surface area contributed by atoms with Crippen LogP contribution in [0, 0.1) is 23.5 Å². The SMILES string of the molecule is CCCCCCCCc1ccc(OC(=O)C2CCC(CCCCC)CC2)c(F)c1F. The molecule has 0 unspecified atom stereocenters. The van der Waals surface area contributed by atoms with Crippen LogP contribution in [-0.4, -0.2) is 5.97 Å². The number of benzene rings is 1. The maximum atomic E-state index is 14.4. The number of carbonyl (C=O) groups is 1. The summed E-state index contributed by atoms with van der Waals surface area (Å²) in [6.45, 7) is 4.38. The van der Waals surface area contributed by atoms with Crippen LogP contribution in [-0.2, 0) is 11.2 Å². The summed E-state index contributed by atoms with van der Waals surface area (Å²) in [5.74, 6) is -2.08. The first kappa shape index (κ1) is 24.8. The molecule has 1 aliphatic carbocycles. The van der Waals surface area contributed by atoms with Gasteiger partial charge in [0.05, 0.1) is 5.92 Å². The van der Waals surface area contributed by atoms with E-state index in [1.165, 1.54) is 51.0 Å². The van der Waals surface area contributed by atoms with Crippen molar-refractivity contribution in [2.24, 2.45) is 11.8 Å². The number of esters is 1. The fourth-order valence-electron chi connectivity index (χ4n) is 4.50. The second-order valence-corrected chi connectivity index (χ2v) is 9.00. The van der Waals surface area contributed by atoms with E-state index in [9.17, 15) is 13.6 Å². The third-order valence-corrected chi connectivity index (χ3v) is 6.53. The van der Waals surface area contributed by atoms with Crippen LogP contribution in [0.25, 0.3) is 0 Å². The molecule has 170 valence electrons. The van der Waals surface area contributed by atoms with Crippen molar-refractivity contribution in [3.05, 3.63) is 29.3 Å². The van der Waals surface area contributed by atoms with Gasteiger partial charge in [-0.25, -0.2) is 4.39 Å². The van der Waals surface area contributed by atoms with E-state index in [1.807, 2.05) is 0 Å². The Bertz CT molecular complexity index is 636. The molecular formula is C26H40F2O2. The molecular weight excluding hydrogens is 382 g/mol. The number of hydrogen-bond acceptors (Lipinski definition) is 2. The molecule has 30 heavy (non-hydrogen) atoms. The average Bonchev–Trinajstić information content (AvgIpc) is 2.76. The van der Waals surface area contributed by atoms with Gasteiger partial charge in [0.25, 0.3) is 0 Å². The molecule has 0 bridgehead atoms. The lowest BCUT2D eigenvalue weighted by molar-refractivity contribution is -0.140. The average molecular weight is 423 g/mol. The molecule has 1 aromatic carbocycles. The lowest BCUT2D eigenvalue weighted by Crippen LogP contribution is -2.26. The third kappa shape index (κ3) is 8.00. The Balaban J connectivity index is 1.79. The summed E-state index contributed by atoms with van der Waals surface area (Å²) < 4.78 is 34.1.